The summed E-state index contributed by atoms with van der Waals surface area (Å²) >= 11 is 3.56. The average Bonchev–Trinajstić information content (AvgIpc) is 2.90. The van der Waals surface area contributed by atoms with Crippen LogP contribution in [0.2, 0.25) is 0 Å². The van der Waals surface area contributed by atoms with Crippen LogP contribution >= 0.6 is 15.9 Å². The maximum Gasteiger partial charge on any atom is 0.230 e. The lowest BCUT2D eigenvalue weighted by Gasteiger charge is -2.17. The molecule has 2 aromatic rings. The summed E-state index contributed by atoms with van der Waals surface area (Å²) in [4.78, 5) is 9.03. The van der Waals surface area contributed by atoms with Gasteiger partial charge in [-0.05, 0) is 56.9 Å². The summed E-state index contributed by atoms with van der Waals surface area (Å²) < 4.78 is 3.17. The van der Waals surface area contributed by atoms with Crippen LogP contribution < -0.4 is 10.9 Å². The van der Waals surface area contributed by atoms with Crippen molar-refractivity contribution in [2.24, 2.45) is 12.0 Å². The van der Waals surface area contributed by atoms with Crippen molar-refractivity contribution in [3.8, 4) is 0 Å². The number of benzene rings is 1. The van der Waals surface area contributed by atoms with Crippen LogP contribution in [0.4, 0.5) is 5.82 Å². The minimum absolute atomic E-state index is 0.401. The number of nitrogens with one attached hydrogen (secondary N) is 1. The SMILES string of the molecule is CC(C)=CN=c1nc(C)cc(NC2Cc3ccc(Br)cc3C2)n1C. The molecule has 1 aliphatic carbocycles. The van der Waals surface area contributed by atoms with Gasteiger partial charge in [0.1, 0.15) is 5.82 Å². The van der Waals surface area contributed by atoms with Crippen molar-refractivity contribution in [1.82, 2.24) is 9.55 Å². The second-order valence-electron chi connectivity index (χ2n) is 6.64. The Morgan fingerprint density at radius 3 is 2.79 bits per heavy atom. The van der Waals surface area contributed by atoms with E-state index < -0.39 is 0 Å². The van der Waals surface area contributed by atoms with Crippen molar-refractivity contribution < 1.29 is 0 Å². The lowest BCUT2D eigenvalue weighted by Crippen LogP contribution is -2.29. The van der Waals surface area contributed by atoms with E-state index in [9.17, 15) is 0 Å². The minimum atomic E-state index is 0.401. The monoisotopic (exact) mass is 386 g/mol. The normalized spacial score (nSPS) is 16.9. The maximum atomic E-state index is 4.54. The van der Waals surface area contributed by atoms with Crippen LogP contribution in [0.3, 0.4) is 0 Å². The summed E-state index contributed by atoms with van der Waals surface area (Å²) in [5.74, 6) is 1.06. The zero-order valence-electron chi connectivity index (χ0n) is 14.6. The topological polar surface area (TPSA) is 42.2 Å². The van der Waals surface area contributed by atoms with Gasteiger partial charge in [-0.1, -0.05) is 27.6 Å². The second-order valence-corrected chi connectivity index (χ2v) is 7.56. The third-order valence-corrected chi connectivity index (χ3v) is 4.67. The van der Waals surface area contributed by atoms with Crippen molar-refractivity contribution in [3.63, 3.8) is 0 Å². The van der Waals surface area contributed by atoms with Gasteiger partial charge in [0.25, 0.3) is 0 Å². The molecule has 1 aromatic heterocycles. The molecule has 0 amide bonds. The first kappa shape index (κ1) is 17.0. The van der Waals surface area contributed by atoms with E-state index >= 15 is 0 Å². The lowest BCUT2D eigenvalue weighted by molar-refractivity contribution is 0.720. The molecule has 0 radical (unpaired) electrons. The average molecular weight is 387 g/mol. The molecule has 126 valence electrons. The largest absolute Gasteiger partial charge is 0.368 e. The molecule has 1 N–H and O–H groups in total. The smallest absolute Gasteiger partial charge is 0.230 e. The summed E-state index contributed by atoms with van der Waals surface area (Å²) in [6.07, 6.45) is 3.94. The number of rotatable bonds is 3. The molecular formula is C19H23BrN4. The Bertz CT molecular complexity index is 860. The fraction of sp³-hybridized carbons (Fsp3) is 0.368. The molecule has 1 aromatic carbocycles. The van der Waals surface area contributed by atoms with Crippen LogP contribution in [0, 0.1) is 6.92 Å². The highest BCUT2D eigenvalue weighted by molar-refractivity contribution is 9.10. The number of hydrogen-bond acceptors (Lipinski definition) is 3. The Hall–Kier alpha value is -1.88. The van der Waals surface area contributed by atoms with Crippen molar-refractivity contribution >= 4 is 21.7 Å². The van der Waals surface area contributed by atoms with Gasteiger partial charge in [0.05, 0.1) is 0 Å². The predicted octanol–water partition coefficient (Wildman–Crippen LogP) is 3.89. The number of nitrogens with zero attached hydrogens (tertiary/aromatic N) is 3. The number of halogens is 1. The van der Waals surface area contributed by atoms with E-state index in [4.69, 9.17) is 0 Å². The number of hydrogen-bond donors (Lipinski definition) is 1. The molecule has 1 aliphatic rings. The predicted molar refractivity (Wildman–Crippen MR) is 102 cm³/mol. The maximum absolute atomic E-state index is 4.54. The van der Waals surface area contributed by atoms with Gasteiger partial charge >= 0.3 is 0 Å². The zero-order chi connectivity index (χ0) is 17.3. The fourth-order valence-corrected chi connectivity index (χ4v) is 3.41. The molecule has 1 unspecified atom stereocenters. The van der Waals surface area contributed by atoms with Gasteiger partial charge in [-0.3, -0.25) is 4.57 Å². The molecule has 0 saturated carbocycles. The lowest BCUT2D eigenvalue weighted by atomic mass is 10.1. The van der Waals surface area contributed by atoms with Crippen LogP contribution in [-0.4, -0.2) is 15.6 Å². The van der Waals surface area contributed by atoms with Crippen LogP contribution in [0.15, 0.2) is 45.5 Å². The van der Waals surface area contributed by atoms with Gasteiger partial charge in [0.15, 0.2) is 0 Å². The third kappa shape index (κ3) is 3.78. The first-order valence-electron chi connectivity index (χ1n) is 8.18. The summed E-state index contributed by atoms with van der Waals surface area (Å²) in [7, 11) is 2.01. The van der Waals surface area contributed by atoms with Gasteiger partial charge in [-0.25, -0.2) is 9.98 Å². The van der Waals surface area contributed by atoms with Crippen LogP contribution in [0.1, 0.15) is 30.7 Å². The Morgan fingerprint density at radius 2 is 2.04 bits per heavy atom. The van der Waals surface area contributed by atoms with Gasteiger partial charge in [0.2, 0.25) is 5.62 Å². The number of fused-ring (bicyclic) bond motifs is 1. The Kier molecular flexibility index (Phi) is 4.90. The number of anilines is 1. The summed E-state index contributed by atoms with van der Waals surface area (Å²) in [6, 6.07) is 9.05. The molecule has 5 heteroatoms. The third-order valence-electron chi connectivity index (χ3n) is 4.17. The molecule has 1 atom stereocenters. The van der Waals surface area contributed by atoms with E-state index in [1.807, 2.05) is 38.6 Å². The summed E-state index contributed by atoms with van der Waals surface area (Å²) in [6.45, 7) is 6.08. The highest BCUT2D eigenvalue weighted by Crippen LogP contribution is 2.27. The number of aryl methyl sites for hydroxylation is 1. The highest BCUT2D eigenvalue weighted by Gasteiger charge is 2.22. The summed E-state index contributed by atoms with van der Waals surface area (Å²) in [5.41, 5.74) is 5.69. The molecule has 0 bridgehead atoms. The van der Waals surface area contributed by atoms with Gasteiger partial charge < -0.3 is 5.32 Å². The highest BCUT2D eigenvalue weighted by atomic mass is 79.9. The van der Waals surface area contributed by atoms with Crippen LogP contribution in [0.5, 0.6) is 0 Å². The van der Waals surface area contributed by atoms with E-state index in [1.165, 1.54) is 11.1 Å². The molecule has 24 heavy (non-hydrogen) atoms. The first-order valence-corrected chi connectivity index (χ1v) is 8.97. The Morgan fingerprint density at radius 1 is 1.29 bits per heavy atom. The number of allylic oxidation sites excluding steroid dienone is 1. The van der Waals surface area contributed by atoms with Crippen molar-refractivity contribution in [3.05, 3.63) is 63.0 Å². The molecule has 0 saturated heterocycles. The van der Waals surface area contributed by atoms with Gasteiger partial charge in [-0.2, -0.15) is 0 Å². The number of aromatic nitrogens is 2. The first-order chi connectivity index (χ1) is 11.4. The van der Waals surface area contributed by atoms with E-state index in [2.05, 4.69) is 55.5 Å². The van der Waals surface area contributed by atoms with Crippen LogP contribution in [0.25, 0.3) is 0 Å². The fourth-order valence-electron chi connectivity index (χ4n) is 3.01. The standard InChI is InChI=1S/C19H23BrN4/c1-12(2)11-21-19-22-13(3)7-18(24(19)4)23-17-9-14-5-6-16(20)8-15(14)10-17/h5-8,11,17,23H,9-10H2,1-4H3. The Labute approximate surface area is 151 Å². The molecule has 3 rings (SSSR count). The zero-order valence-corrected chi connectivity index (χ0v) is 16.2. The molecule has 1 heterocycles. The van der Waals surface area contributed by atoms with E-state index in [0.717, 1.165) is 40.0 Å². The van der Waals surface area contributed by atoms with Crippen molar-refractivity contribution in [1.29, 1.82) is 0 Å². The van der Waals surface area contributed by atoms with Crippen LogP contribution in [-0.2, 0) is 19.9 Å². The van der Waals surface area contributed by atoms with Gasteiger partial charge in [-0.15, -0.1) is 0 Å². The minimum Gasteiger partial charge on any atom is -0.368 e. The summed E-state index contributed by atoms with van der Waals surface area (Å²) in [5, 5.41) is 3.67. The van der Waals surface area contributed by atoms with Crippen molar-refractivity contribution in [2.45, 2.75) is 39.7 Å². The van der Waals surface area contributed by atoms with Gasteiger partial charge in [0, 0.05) is 35.5 Å². The molecule has 0 spiro atoms. The quantitative estimate of drug-likeness (QED) is 0.868. The molecule has 0 aliphatic heterocycles. The van der Waals surface area contributed by atoms with E-state index in [0.29, 0.717) is 6.04 Å². The van der Waals surface area contributed by atoms with E-state index in [-0.39, 0.29) is 0 Å². The molecular weight excluding hydrogens is 364 g/mol. The van der Waals surface area contributed by atoms with Crippen molar-refractivity contribution in [2.75, 3.05) is 5.32 Å². The second kappa shape index (κ2) is 6.93. The Balaban J connectivity index is 1.87. The molecule has 4 nitrogen and oxygen atoms in total. The molecule has 0 fully saturated rings. The van der Waals surface area contributed by atoms with E-state index in [1.54, 1.807) is 0 Å².